The Kier molecular flexibility index (Phi) is 10.6. The highest BCUT2D eigenvalue weighted by Crippen LogP contribution is 2.27. The van der Waals surface area contributed by atoms with Crippen LogP contribution >= 0.6 is 34.8 Å². The second kappa shape index (κ2) is 13.9. The number of carbonyl (C=O) groups is 2. The number of benzene rings is 3. The predicted molar refractivity (Wildman–Crippen MR) is 164 cm³/mol. The zero-order valence-corrected chi connectivity index (χ0v) is 25.7. The van der Waals surface area contributed by atoms with Gasteiger partial charge < -0.3 is 10.2 Å². The molecule has 2 amide bonds. The molecule has 0 aromatic heterocycles. The summed E-state index contributed by atoms with van der Waals surface area (Å²) >= 11 is 18.6. The van der Waals surface area contributed by atoms with Crippen LogP contribution in [0.1, 0.15) is 44.6 Å². The van der Waals surface area contributed by atoms with Gasteiger partial charge in [0, 0.05) is 27.7 Å². The average Bonchev–Trinajstić information content (AvgIpc) is 3.46. The number of nitrogens with zero attached hydrogens (tertiary/aromatic N) is 2. The van der Waals surface area contributed by atoms with E-state index in [1.165, 1.54) is 29.2 Å². The number of halogens is 3. The van der Waals surface area contributed by atoms with Crippen LogP contribution < -0.4 is 9.62 Å². The lowest BCUT2D eigenvalue weighted by Gasteiger charge is -2.34. The van der Waals surface area contributed by atoms with Crippen molar-refractivity contribution in [3.63, 3.8) is 0 Å². The van der Waals surface area contributed by atoms with Crippen LogP contribution in [0, 0.1) is 0 Å². The van der Waals surface area contributed by atoms with Crippen molar-refractivity contribution in [1.82, 2.24) is 10.2 Å². The summed E-state index contributed by atoms with van der Waals surface area (Å²) in [6.07, 6.45) is 4.18. The van der Waals surface area contributed by atoms with Crippen LogP contribution in [-0.2, 0) is 26.2 Å². The fourth-order valence-corrected chi connectivity index (χ4v) is 6.99. The molecule has 218 valence electrons. The number of anilines is 1. The van der Waals surface area contributed by atoms with Crippen molar-refractivity contribution in [3.8, 4) is 0 Å². The summed E-state index contributed by atoms with van der Waals surface area (Å²) in [5.41, 5.74) is 0.895. The Morgan fingerprint density at radius 1 is 0.927 bits per heavy atom. The second-order valence-corrected chi connectivity index (χ2v) is 13.1. The Labute approximate surface area is 256 Å². The largest absolute Gasteiger partial charge is 0.352 e. The molecule has 0 spiro atoms. The predicted octanol–water partition coefficient (Wildman–Crippen LogP) is 6.71. The van der Waals surface area contributed by atoms with Gasteiger partial charge >= 0.3 is 0 Å². The molecular weight excluding hydrogens is 605 g/mol. The average molecular weight is 637 g/mol. The van der Waals surface area contributed by atoms with E-state index in [-0.39, 0.29) is 23.4 Å². The van der Waals surface area contributed by atoms with Gasteiger partial charge in [-0.2, -0.15) is 0 Å². The van der Waals surface area contributed by atoms with E-state index in [1.54, 1.807) is 48.5 Å². The Hall–Kier alpha value is -2.78. The minimum Gasteiger partial charge on any atom is -0.352 e. The lowest BCUT2D eigenvalue weighted by atomic mass is 10.1. The third kappa shape index (κ3) is 7.74. The van der Waals surface area contributed by atoms with Gasteiger partial charge in [-0.25, -0.2) is 8.42 Å². The van der Waals surface area contributed by atoms with Crippen LogP contribution in [0.5, 0.6) is 0 Å². The van der Waals surface area contributed by atoms with Crippen LogP contribution in [0.3, 0.4) is 0 Å². The normalized spacial score (nSPS) is 14.4. The first-order valence-corrected chi connectivity index (χ1v) is 16.0. The van der Waals surface area contributed by atoms with E-state index in [0.29, 0.717) is 32.7 Å². The van der Waals surface area contributed by atoms with Gasteiger partial charge in [-0.1, -0.05) is 78.8 Å². The Bertz CT molecular complexity index is 1460. The molecule has 4 rings (SSSR count). The summed E-state index contributed by atoms with van der Waals surface area (Å²) in [5, 5.41) is 4.26. The molecule has 1 atom stereocenters. The monoisotopic (exact) mass is 635 g/mol. The Balaban J connectivity index is 1.71. The molecule has 0 aliphatic heterocycles. The fourth-order valence-electron chi connectivity index (χ4n) is 4.98. The van der Waals surface area contributed by atoms with Crippen molar-refractivity contribution in [2.75, 3.05) is 10.8 Å². The van der Waals surface area contributed by atoms with Crippen molar-refractivity contribution in [1.29, 1.82) is 0 Å². The summed E-state index contributed by atoms with van der Waals surface area (Å²) in [6, 6.07) is 18.3. The number of hydrogen-bond donors (Lipinski definition) is 1. The van der Waals surface area contributed by atoms with Gasteiger partial charge in [-0.15, -0.1) is 0 Å². The summed E-state index contributed by atoms with van der Waals surface area (Å²) in [5.74, 6) is -0.824. The van der Waals surface area contributed by atoms with Crippen LogP contribution in [-0.4, -0.2) is 43.8 Å². The second-order valence-electron chi connectivity index (χ2n) is 9.97. The number of sulfonamides is 1. The van der Waals surface area contributed by atoms with Crippen LogP contribution in [0.25, 0.3) is 0 Å². The fraction of sp³-hybridized carbons (Fsp3) is 0.333. The molecule has 0 unspecified atom stereocenters. The highest BCUT2D eigenvalue weighted by molar-refractivity contribution is 7.92. The maximum Gasteiger partial charge on any atom is 0.264 e. The van der Waals surface area contributed by atoms with E-state index in [1.807, 2.05) is 6.92 Å². The number of amides is 2. The number of rotatable bonds is 11. The Morgan fingerprint density at radius 2 is 1.56 bits per heavy atom. The first-order chi connectivity index (χ1) is 19.6. The lowest BCUT2D eigenvalue weighted by molar-refractivity contribution is -0.140. The molecule has 41 heavy (non-hydrogen) atoms. The number of carbonyl (C=O) groups excluding carboxylic acids is 2. The van der Waals surface area contributed by atoms with E-state index in [2.05, 4.69) is 5.32 Å². The van der Waals surface area contributed by atoms with Crippen LogP contribution in [0.4, 0.5) is 5.69 Å². The zero-order chi connectivity index (χ0) is 29.6. The molecule has 3 aromatic rings. The van der Waals surface area contributed by atoms with Gasteiger partial charge in [0.15, 0.2) is 0 Å². The standard InChI is InChI=1S/C30H32Cl3N3O4S/c1-2-28(30(38)34-24-8-6-7-9-24)35(19-21-12-13-23(32)18-27(21)33)29(37)20-36(25-10-4-3-5-11-25)41(39,40)26-16-14-22(31)15-17-26/h3-5,10-18,24,28H,2,6-9,19-20H2,1H3,(H,34,38)/t28-/m1/s1. The molecule has 1 aliphatic rings. The zero-order valence-electron chi connectivity index (χ0n) is 22.6. The highest BCUT2D eigenvalue weighted by atomic mass is 35.5. The van der Waals surface area contributed by atoms with Gasteiger partial charge in [-0.05, 0) is 73.4 Å². The molecule has 1 aliphatic carbocycles. The first kappa shape index (κ1) is 31.2. The molecule has 3 aromatic carbocycles. The lowest BCUT2D eigenvalue weighted by Crippen LogP contribution is -2.53. The SMILES string of the molecule is CC[C@H](C(=O)NC1CCCC1)N(Cc1ccc(Cl)cc1Cl)C(=O)CN(c1ccccc1)S(=O)(=O)c1ccc(Cl)cc1. The third-order valence-corrected chi connectivity index (χ3v) is 9.79. The summed E-state index contributed by atoms with van der Waals surface area (Å²) < 4.78 is 28.8. The van der Waals surface area contributed by atoms with Crippen molar-refractivity contribution in [2.24, 2.45) is 0 Å². The van der Waals surface area contributed by atoms with E-state index in [4.69, 9.17) is 34.8 Å². The van der Waals surface area contributed by atoms with Crippen molar-refractivity contribution in [3.05, 3.63) is 93.4 Å². The molecule has 7 nitrogen and oxygen atoms in total. The highest BCUT2D eigenvalue weighted by Gasteiger charge is 2.34. The van der Waals surface area contributed by atoms with Gasteiger partial charge in [0.05, 0.1) is 10.6 Å². The van der Waals surface area contributed by atoms with Crippen LogP contribution in [0.2, 0.25) is 15.1 Å². The molecule has 0 radical (unpaired) electrons. The Morgan fingerprint density at radius 3 is 2.17 bits per heavy atom. The van der Waals surface area contributed by atoms with Crippen molar-refractivity contribution >= 4 is 62.3 Å². The van der Waals surface area contributed by atoms with Crippen molar-refractivity contribution in [2.45, 2.75) is 62.6 Å². The van der Waals surface area contributed by atoms with E-state index >= 15 is 0 Å². The van der Waals surface area contributed by atoms with E-state index in [0.717, 1.165) is 30.0 Å². The molecule has 1 fully saturated rings. The van der Waals surface area contributed by atoms with Gasteiger partial charge in [-0.3, -0.25) is 13.9 Å². The topological polar surface area (TPSA) is 86.8 Å². The summed E-state index contributed by atoms with van der Waals surface area (Å²) in [4.78, 5) is 29.0. The quantitative estimate of drug-likeness (QED) is 0.254. The number of hydrogen-bond acceptors (Lipinski definition) is 4. The molecule has 11 heteroatoms. The third-order valence-electron chi connectivity index (χ3n) is 7.17. The minimum absolute atomic E-state index is 0.00491. The van der Waals surface area contributed by atoms with E-state index in [9.17, 15) is 18.0 Å². The minimum atomic E-state index is -4.17. The molecule has 0 saturated heterocycles. The molecular formula is C30H32Cl3N3O4S. The van der Waals surface area contributed by atoms with E-state index < -0.39 is 28.5 Å². The van der Waals surface area contributed by atoms with Gasteiger partial charge in [0.2, 0.25) is 11.8 Å². The maximum atomic E-state index is 14.1. The summed E-state index contributed by atoms with van der Waals surface area (Å²) in [7, 11) is -4.17. The van der Waals surface area contributed by atoms with Crippen molar-refractivity contribution < 1.29 is 18.0 Å². The number of nitrogens with one attached hydrogen (secondary N) is 1. The molecule has 1 N–H and O–H groups in total. The molecule has 1 saturated carbocycles. The summed E-state index contributed by atoms with van der Waals surface area (Å²) in [6.45, 7) is 1.28. The molecule has 0 heterocycles. The molecule has 0 bridgehead atoms. The number of para-hydroxylation sites is 1. The van der Waals surface area contributed by atoms with Gasteiger partial charge in [0.25, 0.3) is 10.0 Å². The van der Waals surface area contributed by atoms with Crippen LogP contribution in [0.15, 0.2) is 77.7 Å². The smallest absolute Gasteiger partial charge is 0.264 e. The first-order valence-electron chi connectivity index (χ1n) is 13.5. The van der Waals surface area contributed by atoms with Gasteiger partial charge in [0.1, 0.15) is 12.6 Å². The maximum absolute atomic E-state index is 14.1.